The minimum atomic E-state index is -4.73. The highest BCUT2D eigenvalue weighted by Crippen LogP contribution is 2.33. The second kappa shape index (κ2) is 11.6. The van der Waals surface area contributed by atoms with E-state index in [0.29, 0.717) is 5.57 Å². The summed E-state index contributed by atoms with van der Waals surface area (Å²) < 4.78 is 57.6. The quantitative estimate of drug-likeness (QED) is 0.146. The maximum atomic E-state index is 12.3. The molecular formula is C22H27F3N2O5. The number of hydrogen-bond donors (Lipinski definition) is 1. The molecule has 2 N–H and O–H groups in total. The van der Waals surface area contributed by atoms with Crippen molar-refractivity contribution in [3.8, 4) is 5.75 Å². The molecule has 10 heteroatoms. The molecule has 1 saturated heterocycles. The number of nitrogens with two attached hydrogens (primary N) is 1. The van der Waals surface area contributed by atoms with Crippen LogP contribution in [0.15, 0.2) is 52.9 Å². The van der Waals surface area contributed by atoms with Crippen molar-refractivity contribution in [2.75, 3.05) is 13.2 Å². The van der Waals surface area contributed by atoms with E-state index in [4.69, 9.17) is 19.9 Å². The average Bonchev–Trinajstić information content (AvgIpc) is 2.75. The predicted octanol–water partition coefficient (Wildman–Crippen LogP) is 4.55. The van der Waals surface area contributed by atoms with Crippen LogP contribution in [0, 0.1) is 0 Å². The van der Waals surface area contributed by atoms with Crippen LogP contribution in [-0.2, 0) is 19.0 Å². The lowest BCUT2D eigenvalue weighted by molar-refractivity contribution is -0.274. The minimum absolute atomic E-state index is 0.00274. The number of aliphatic imine (C=N–C) groups is 1. The number of hydrogen-bond acceptors (Lipinski definition) is 6. The average molecular weight is 456 g/mol. The molecule has 0 radical (unpaired) electrons. The van der Waals surface area contributed by atoms with Crippen LogP contribution >= 0.6 is 0 Å². The van der Waals surface area contributed by atoms with Gasteiger partial charge in [-0.15, -0.1) is 13.2 Å². The molecule has 0 bridgehead atoms. The van der Waals surface area contributed by atoms with Gasteiger partial charge in [0.1, 0.15) is 18.1 Å². The summed E-state index contributed by atoms with van der Waals surface area (Å²) in [6.07, 6.45) is -1.95. The molecule has 1 heterocycles. The Bertz CT molecular complexity index is 850. The van der Waals surface area contributed by atoms with Gasteiger partial charge in [-0.2, -0.15) is 0 Å². The van der Waals surface area contributed by atoms with Crippen LogP contribution in [0.5, 0.6) is 5.75 Å². The summed E-state index contributed by atoms with van der Waals surface area (Å²) in [7, 11) is 0. The predicted molar refractivity (Wildman–Crippen MR) is 112 cm³/mol. The molecule has 0 spiro atoms. The molecule has 0 amide bonds. The van der Waals surface area contributed by atoms with E-state index in [0.717, 1.165) is 31.2 Å². The van der Waals surface area contributed by atoms with Crippen molar-refractivity contribution < 1.29 is 36.9 Å². The van der Waals surface area contributed by atoms with Crippen LogP contribution in [0.25, 0.3) is 0 Å². The van der Waals surface area contributed by atoms with Gasteiger partial charge >= 0.3 is 12.3 Å². The minimum Gasteiger partial charge on any atom is -0.491 e. The topological polar surface area (TPSA) is 92.4 Å². The normalized spacial score (nSPS) is 19.9. The van der Waals surface area contributed by atoms with Gasteiger partial charge in [-0.3, -0.25) is 0 Å². The summed E-state index contributed by atoms with van der Waals surface area (Å²) in [6.45, 7) is 7.50. The van der Waals surface area contributed by atoms with Crippen molar-refractivity contribution in [2.24, 2.45) is 10.7 Å². The first kappa shape index (κ1) is 25.3. The highest BCUT2D eigenvalue weighted by Gasteiger charge is 2.31. The van der Waals surface area contributed by atoms with Crippen molar-refractivity contribution in [2.45, 2.75) is 51.7 Å². The van der Waals surface area contributed by atoms with Gasteiger partial charge < -0.3 is 24.7 Å². The summed E-state index contributed by atoms with van der Waals surface area (Å²) >= 11 is 0. The highest BCUT2D eigenvalue weighted by atomic mass is 19.4. The van der Waals surface area contributed by atoms with Gasteiger partial charge in [-0.1, -0.05) is 18.7 Å². The number of benzene rings is 1. The Morgan fingerprint density at radius 3 is 2.56 bits per heavy atom. The fourth-order valence-corrected chi connectivity index (χ4v) is 3.16. The number of allylic oxidation sites excluding steroid dienone is 1. The Hall–Kier alpha value is -3.01. The zero-order chi connectivity index (χ0) is 23.7. The van der Waals surface area contributed by atoms with E-state index in [1.54, 1.807) is 26.0 Å². The Morgan fingerprint density at radius 1 is 1.28 bits per heavy atom. The van der Waals surface area contributed by atoms with Gasteiger partial charge in [0, 0.05) is 5.57 Å². The zero-order valence-electron chi connectivity index (χ0n) is 18.0. The summed E-state index contributed by atoms with van der Waals surface area (Å²) in [6, 6.07) is 5.63. The van der Waals surface area contributed by atoms with E-state index in [1.165, 1.54) is 12.1 Å². The lowest BCUT2D eigenvalue weighted by Crippen LogP contribution is -2.27. The number of nitrogens with zero attached hydrogens (tertiary/aromatic N) is 1. The summed E-state index contributed by atoms with van der Waals surface area (Å²) in [5.41, 5.74) is 6.46. The fourth-order valence-electron chi connectivity index (χ4n) is 3.16. The number of esters is 1. The molecule has 0 saturated carbocycles. The Balaban J connectivity index is 1.97. The van der Waals surface area contributed by atoms with Gasteiger partial charge in [0.25, 0.3) is 0 Å². The lowest BCUT2D eigenvalue weighted by atomic mass is 9.98. The molecular weight excluding hydrogens is 429 g/mol. The zero-order valence-corrected chi connectivity index (χ0v) is 18.0. The number of carbonyl (C=O) groups is 1. The van der Waals surface area contributed by atoms with E-state index < -0.39 is 12.3 Å². The second-order valence-electron chi connectivity index (χ2n) is 7.00. The van der Waals surface area contributed by atoms with E-state index >= 15 is 0 Å². The number of ether oxygens (including phenoxy) is 4. The molecule has 2 rings (SSSR count). The van der Waals surface area contributed by atoms with E-state index in [9.17, 15) is 18.0 Å². The smallest absolute Gasteiger partial charge is 0.491 e. The molecule has 1 fully saturated rings. The van der Waals surface area contributed by atoms with Crippen LogP contribution < -0.4 is 10.5 Å². The monoisotopic (exact) mass is 456 g/mol. The maximum absolute atomic E-state index is 12.3. The van der Waals surface area contributed by atoms with Crippen LogP contribution in [0.3, 0.4) is 0 Å². The highest BCUT2D eigenvalue weighted by molar-refractivity contribution is 5.91. The standard InChI is InChI=1S/C22H27F3N2O5/c1-4-29-21(28)20(27-13-26)14(2)15(3)30-12-18-6-5-7-19(31-18)16-8-10-17(11-9-16)32-22(23,24)25/h8-11,13,18-19H,3-7,12H2,1-2H3,(H2,26,27)/b20-14-/t18?,19-/m0/s1. The molecule has 1 aromatic carbocycles. The molecule has 1 aromatic rings. The molecule has 7 nitrogen and oxygen atoms in total. The van der Waals surface area contributed by atoms with Crippen LogP contribution in [0.4, 0.5) is 13.2 Å². The third-order valence-corrected chi connectivity index (χ3v) is 4.72. The van der Waals surface area contributed by atoms with E-state index in [2.05, 4.69) is 16.3 Å². The number of carbonyl (C=O) groups excluding carboxylic acids is 1. The number of alkyl halides is 3. The Labute approximate surface area is 184 Å². The number of halogens is 3. The Morgan fingerprint density at radius 2 is 1.97 bits per heavy atom. The van der Waals surface area contributed by atoms with Gasteiger partial charge in [0.05, 0.1) is 25.2 Å². The maximum Gasteiger partial charge on any atom is 0.573 e. The van der Waals surface area contributed by atoms with Crippen molar-refractivity contribution in [1.82, 2.24) is 0 Å². The van der Waals surface area contributed by atoms with Crippen molar-refractivity contribution >= 4 is 12.3 Å². The molecule has 1 unspecified atom stereocenters. The molecule has 32 heavy (non-hydrogen) atoms. The summed E-state index contributed by atoms with van der Waals surface area (Å²) in [5, 5.41) is 0. The first-order valence-corrected chi connectivity index (χ1v) is 10.1. The lowest BCUT2D eigenvalue weighted by Gasteiger charge is -2.30. The molecule has 1 aliphatic heterocycles. The fraction of sp³-hybridized carbons (Fsp3) is 0.455. The third-order valence-electron chi connectivity index (χ3n) is 4.72. The van der Waals surface area contributed by atoms with Crippen LogP contribution in [0.1, 0.15) is 44.8 Å². The van der Waals surface area contributed by atoms with Crippen LogP contribution in [-0.4, -0.2) is 38.0 Å². The third kappa shape index (κ3) is 7.60. The largest absolute Gasteiger partial charge is 0.573 e. The molecule has 2 atom stereocenters. The Kier molecular flexibility index (Phi) is 9.13. The molecule has 0 aromatic heterocycles. The van der Waals surface area contributed by atoms with Crippen molar-refractivity contribution in [3.63, 3.8) is 0 Å². The summed E-state index contributed by atoms with van der Waals surface area (Å²) in [5.74, 6) is -0.686. The molecule has 1 aliphatic rings. The SMILES string of the molecule is C=C(OCC1CCC[C@@H](c2ccc(OC(F)(F)F)cc2)O1)/C(C)=C(\N=C/N)C(=O)OCC. The first-order valence-electron chi connectivity index (χ1n) is 10.1. The summed E-state index contributed by atoms with van der Waals surface area (Å²) in [4.78, 5) is 15.9. The van der Waals surface area contributed by atoms with Gasteiger partial charge in [-0.05, 0) is 50.8 Å². The van der Waals surface area contributed by atoms with Crippen LogP contribution in [0.2, 0.25) is 0 Å². The van der Waals surface area contributed by atoms with Crippen molar-refractivity contribution in [3.05, 3.63) is 53.4 Å². The molecule has 0 aliphatic carbocycles. The molecule has 176 valence electrons. The first-order chi connectivity index (χ1) is 15.1. The van der Waals surface area contributed by atoms with Gasteiger partial charge in [-0.25, -0.2) is 9.79 Å². The van der Waals surface area contributed by atoms with Gasteiger partial charge in [0.2, 0.25) is 0 Å². The van der Waals surface area contributed by atoms with E-state index in [1.807, 2.05) is 0 Å². The number of rotatable bonds is 9. The van der Waals surface area contributed by atoms with E-state index in [-0.39, 0.29) is 42.6 Å². The van der Waals surface area contributed by atoms with Crippen molar-refractivity contribution in [1.29, 1.82) is 0 Å². The van der Waals surface area contributed by atoms with Gasteiger partial charge in [0.15, 0.2) is 5.70 Å². The second-order valence-corrected chi connectivity index (χ2v) is 7.00.